The normalized spacial score (nSPS) is 16.2. The summed E-state index contributed by atoms with van der Waals surface area (Å²) in [6.07, 6.45) is 4.45. The van der Waals surface area contributed by atoms with Crippen LogP contribution in [0.5, 0.6) is 0 Å². The van der Waals surface area contributed by atoms with Gasteiger partial charge < -0.3 is 5.32 Å². The van der Waals surface area contributed by atoms with Gasteiger partial charge in [0.2, 0.25) is 15.9 Å². The van der Waals surface area contributed by atoms with Gasteiger partial charge in [0.05, 0.1) is 16.6 Å². The molecule has 0 aliphatic carbocycles. The highest BCUT2D eigenvalue weighted by Gasteiger charge is 2.26. The van der Waals surface area contributed by atoms with Crippen LogP contribution in [0.4, 0.5) is 0 Å². The predicted octanol–water partition coefficient (Wildman–Crippen LogP) is 2.68. The van der Waals surface area contributed by atoms with Gasteiger partial charge in [0.25, 0.3) is 0 Å². The Kier molecular flexibility index (Phi) is 6.23. The Hall–Kier alpha value is -2.25. The molecule has 7 heteroatoms. The van der Waals surface area contributed by atoms with Crippen LogP contribution in [-0.2, 0) is 21.2 Å². The van der Waals surface area contributed by atoms with Crippen molar-refractivity contribution in [2.75, 3.05) is 13.1 Å². The number of aryl methyl sites for hydroxylation is 1. The fourth-order valence-electron chi connectivity index (χ4n) is 3.18. The maximum Gasteiger partial charge on any atom is 0.243 e. The van der Waals surface area contributed by atoms with Crippen LogP contribution >= 0.6 is 0 Å². The summed E-state index contributed by atoms with van der Waals surface area (Å²) < 4.78 is 26.6. The third kappa shape index (κ3) is 4.93. The summed E-state index contributed by atoms with van der Waals surface area (Å²) in [5.74, 6) is -0.0538. The van der Waals surface area contributed by atoms with E-state index < -0.39 is 10.0 Å². The van der Waals surface area contributed by atoms with Gasteiger partial charge in [-0.25, -0.2) is 8.42 Å². The molecule has 144 valence electrons. The number of carbonyl (C=O) groups is 1. The van der Waals surface area contributed by atoms with E-state index in [1.807, 2.05) is 25.1 Å². The Labute approximate surface area is 160 Å². The molecular weight excluding hydrogens is 362 g/mol. The monoisotopic (exact) mass is 387 g/mol. The Bertz CT molecular complexity index is 861. The van der Waals surface area contributed by atoms with Gasteiger partial charge in [-0.1, -0.05) is 18.2 Å². The van der Waals surface area contributed by atoms with Crippen molar-refractivity contribution < 1.29 is 13.2 Å². The number of amides is 1. The molecular formula is C20H25N3O3S. The van der Waals surface area contributed by atoms with Gasteiger partial charge in [-0.15, -0.1) is 0 Å². The Balaban J connectivity index is 1.53. The lowest BCUT2D eigenvalue weighted by atomic mass is 10.1. The smallest absolute Gasteiger partial charge is 0.243 e. The number of benzene rings is 1. The molecule has 1 aliphatic heterocycles. The highest BCUT2D eigenvalue weighted by Crippen LogP contribution is 2.21. The molecule has 1 fully saturated rings. The van der Waals surface area contributed by atoms with Crippen molar-refractivity contribution in [1.29, 1.82) is 0 Å². The Morgan fingerprint density at radius 2 is 1.85 bits per heavy atom. The van der Waals surface area contributed by atoms with Gasteiger partial charge in [0, 0.05) is 25.7 Å². The van der Waals surface area contributed by atoms with Gasteiger partial charge in [0.1, 0.15) is 0 Å². The van der Waals surface area contributed by atoms with Gasteiger partial charge in [-0.05, 0) is 56.0 Å². The first-order valence-electron chi connectivity index (χ1n) is 9.26. The summed E-state index contributed by atoms with van der Waals surface area (Å²) in [6.45, 7) is 3.09. The van der Waals surface area contributed by atoms with Crippen LogP contribution in [0.1, 0.15) is 43.5 Å². The second-order valence-corrected chi connectivity index (χ2v) is 8.74. The molecule has 0 saturated carbocycles. The summed E-state index contributed by atoms with van der Waals surface area (Å²) in [5, 5.41) is 2.94. The number of nitrogens with zero attached hydrogens (tertiary/aromatic N) is 2. The van der Waals surface area contributed by atoms with Gasteiger partial charge in [0.15, 0.2) is 0 Å². The average Bonchev–Trinajstić information content (AvgIpc) is 3.23. The van der Waals surface area contributed by atoms with E-state index >= 15 is 0 Å². The minimum absolute atomic E-state index is 0.0538. The van der Waals surface area contributed by atoms with E-state index in [1.54, 1.807) is 30.5 Å². The molecule has 1 N–H and O–H groups in total. The first-order chi connectivity index (χ1) is 13.0. The molecule has 3 rings (SSSR count). The summed E-state index contributed by atoms with van der Waals surface area (Å²) >= 11 is 0. The summed E-state index contributed by atoms with van der Waals surface area (Å²) in [6, 6.07) is 12.3. The second-order valence-electron chi connectivity index (χ2n) is 6.80. The van der Waals surface area contributed by atoms with Crippen molar-refractivity contribution in [2.45, 2.75) is 43.5 Å². The van der Waals surface area contributed by atoms with Crippen molar-refractivity contribution in [3.05, 3.63) is 59.9 Å². The first kappa shape index (κ1) is 19.5. The molecule has 1 unspecified atom stereocenters. The van der Waals surface area contributed by atoms with E-state index in [0.717, 1.165) is 24.1 Å². The SMILES string of the molecule is CC(NC(=O)CCc1ccc(S(=O)(=O)N2CCCC2)cc1)c1ccccn1. The van der Waals surface area contributed by atoms with Crippen LogP contribution < -0.4 is 5.32 Å². The Morgan fingerprint density at radius 1 is 1.15 bits per heavy atom. The molecule has 1 atom stereocenters. The summed E-state index contributed by atoms with van der Waals surface area (Å²) in [4.78, 5) is 16.7. The maximum absolute atomic E-state index is 12.5. The molecule has 1 saturated heterocycles. The van der Waals surface area contributed by atoms with Crippen LogP contribution in [0.15, 0.2) is 53.6 Å². The number of sulfonamides is 1. The molecule has 1 amide bonds. The number of pyridine rings is 1. The van der Waals surface area contributed by atoms with E-state index in [-0.39, 0.29) is 11.9 Å². The van der Waals surface area contributed by atoms with E-state index in [0.29, 0.717) is 30.8 Å². The predicted molar refractivity (Wildman–Crippen MR) is 104 cm³/mol. The standard InChI is InChI=1S/C20H25N3O3S/c1-16(19-6-2-3-13-21-19)22-20(24)12-9-17-7-10-18(11-8-17)27(25,26)23-14-4-5-15-23/h2-3,6-8,10-11,13,16H,4-5,9,12,14-15H2,1H3,(H,22,24). The van der Waals surface area contributed by atoms with E-state index in [9.17, 15) is 13.2 Å². The van der Waals surface area contributed by atoms with Crippen molar-refractivity contribution in [2.24, 2.45) is 0 Å². The molecule has 1 aromatic heterocycles. The number of aromatic nitrogens is 1. The first-order valence-corrected chi connectivity index (χ1v) is 10.7. The second kappa shape index (κ2) is 8.63. The van der Waals surface area contributed by atoms with Gasteiger partial charge >= 0.3 is 0 Å². The minimum atomic E-state index is -3.39. The number of carbonyl (C=O) groups excluding carboxylic acids is 1. The zero-order valence-corrected chi connectivity index (χ0v) is 16.3. The Morgan fingerprint density at radius 3 is 2.48 bits per heavy atom. The molecule has 1 aliphatic rings. The maximum atomic E-state index is 12.5. The molecule has 1 aromatic carbocycles. The molecule has 0 radical (unpaired) electrons. The number of hydrogen-bond acceptors (Lipinski definition) is 4. The van der Waals surface area contributed by atoms with E-state index in [2.05, 4.69) is 10.3 Å². The van der Waals surface area contributed by atoms with Crippen LogP contribution in [0, 0.1) is 0 Å². The molecule has 0 spiro atoms. The van der Waals surface area contributed by atoms with E-state index in [1.165, 1.54) is 4.31 Å². The number of hydrogen-bond donors (Lipinski definition) is 1. The highest BCUT2D eigenvalue weighted by atomic mass is 32.2. The zero-order valence-electron chi connectivity index (χ0n) is 15.5. The molecule has 27 heavy (non-hydrogen) atoms. The van der Waals surface area contributed by atoms with Crippen LogP contribution in [0.3, 0.4) is 0 Å². The topological polar surface area (TPSA) is 79.4 Å². The third-order valence-corrected chi connectivity index (χ3v) is 6.69. The lowest BCUT2D eigenvalue weighted by molar-refractivity contribution is -0.121. The fourth-order valence-corrected chi connectivity index (χ4v) is 4.70. The van der Waals surface area contributed by atoms with E-state index in [4.69, 9.17) is 0 Å². The lowest BCUT2D eigenvalue weighted by Crippen LogP contribution is -2.28. The minimum Gasteiger partial charge on any atom is -0.348 e. The van der Waals surface area contributed by atoms with Gasteiger partial charge in [-0.2, -0.15) is 4.31 Å². The van der Waals surface area contributed by atoms with Crippen molar-refractivity contribution in [3.8, 4) is 0 Å². The number of rotatable bonds is 7. The van der Waals surface area contributed by atoms with Crippen LogP contribution in [-0.4, -0.2) is 36.7 Å². The average molecular weight is 388 g/mol. The molecule has 6 nitrogen and oxygen atoms in total. The molecule has 2 aromatic rings. The van der Waals surface area contributed by atoms with Gasteiger partial charge in [-0.3, -0.25) is 9.78 Å². The van der Waals surface area contributed by atoms with Crippen molar-refractivity contribution in [3.63, 3.8) is 0 Å². The molecule has 0 bridgehead atoms. The number of nitrogens with one attached hydrogen (secondary N) is 1. The van der Waals surface area contributed by atoms with Crippen molar-refractivity contribution in [1.82, 2.24) is 14.6 Å². The van der Waals surface area contributed by atoms with Crippen LogP contribution in [0.2, 0.25) is 0 Å². The largest absolute Gasteiger partial charge is 0.348 e. The highest BCUT2D eigenvalue weighted by molar-refractivity contribution is 7.89. The third-order valence-electron chi connectivity index (χ3n) is 4.78. The fraction of sp³-hybridized carbons (Fsp3) is 0.400. The molecule has 2 heterocycles. The van der Waals surface area contributed by atoms with Crippen LogP contribution in [0.25, 0.3) is 0 Å². The lowest BCUT2D eigenvalue weighted by Gasteiger charge is -2.16. The van der Waals surface area contributed by atoms with Crippen molar-refractivity contribution >= 4 is 15.9 Å². The summed E-state index contributed by atoms with van der Waals surface area (Å²) in [5.41, 5.74) is 1.76. The quantitative estimate of drug-likeness (QED) is 0.792. The zero-order chi connectivity index (χ0) is 19.3. The summed E-state index contributed by atoms with van der Waals surface area (Å²) in [7, 11) is -3.39.